The summed E-state index contributed by atoms with van der Waals surface area (Å²) in [5, 5.41) is 2.98. The Hall–Kier alpha value is -2.10. The first-order valence-corrected chi connectivity index (χ1v) is 7.75. The number of imidazole rings is 1. The number of carbonyl (C=O) groups is 1. The third-order valence-corrected chi connectivity index (χ3v) is 3.36. The van der Waals surface area contributed by atoms with E-state index in [0.29, 0.717) is 13.0 Å². The zero-order valence-electron chi connectivity index (χ0n) is 13.7. The molecule has 1 aromatic carbocycles. The highest BCUT2D eigenvalue weighted by molar-refractivity contribution is 5.76. The molecule has 0 unspecified atom stereocenters. The lowest BCUT2D eigenvalue weighted by molar-refractivity contribution is -0.122. The number of rotatable bonds is 6. The van der Waals surface area contributed by atoms with Gasteiger partial charge in [0.15, 0.2) is 0 Å². The van der Waals surface area contributed by atoms with Gasteiger partial charge in [0.1, 0.15) is 5.82 Å². The van der Waals surface area contributed by atoms with Crippen LogP contribution in [0.25, 0.3) is 0 Å². The molecular weight excluding hydrogens is 274 g/mol. The molecule has 0 atom stereocenters. The molecule has 0 spiro atoms. The van der Waals surface area contributed by atoms with Gasteiger partial charge in [0.05, 0.1) is 0 Å². The Morgan fingerprint density at radius 2 is 1.95 bits per heavy atom. The predicted octanol–water partition coefficient (Wildman–Crippen LogP) is 3.03. The fourth-order valence-electron chi connectivity index (χ4n) is 2.35. The number of aromatic nitrogens is 2. The first-order valence-electron chi connectivity index (χ1n) is 7.75. The average Bonchev–Trinajstić information content (AvgIpc) is 2.85. The van der Waals surface area contributed by atoms with Gasteiger partial charge >= 0.3 is 0 Å². The van der Waals surface area contributed by atoms with Crippen LogP contribution in [0, 0.1) is 5.41 Å². The molecule has 0 aliphatic heterocycles. The van der Waals surface area contributed by atoms with Crippen LogP contribution in [0.5, 0.6) is 0 Å². The van der Waals surface area contributed by atoms with E-state index < -0.39 is 0 Å². The maximum atomic E-state index is 11.8. The Morgan fingerprint density at radius 1 is 1.23 bits per heavy atom. The van der Waals surface area contributed by atoms with Crippen LogP contribution in [0.15, 0.2) is 42.7 Å². The summed E-state index contributed by atoms with van der Waals surface area (Å²) in [5.41, 5.74) is 1.27. The van der Waals surface area contributed by atoms with E-state index >= 15 is 0 Å². The summed E-state index contributed by atoms with van der Waals surface area (Å²) in [6, 6.07) is 10.3. The van der Waals surface area contributed by atoms with E-state index in [1.54, 1.807) is 0 Å². The van der Waals surface area contributed by atoms with E-state index in [1.807, 2.05) is 30.6 Å². The first-order chi connectivity index (χ1) is 10.4. The van der Waals surface area contributed by atoms with E-state index in [9.17, 15) is 4.79 Å². The van der Waals surface area contributed by atoms with Crippen molar-refractivity contribution in [1.29, 1.82) is 0 Å². The molecule has 0 saturated heterocycles. The van der Waals surface area contributed by atoms with Crippen LogP contribution in [-0.2, 0) is 17.8 Å². The average molecular weight is 299 g/mol. The molecule has 4 nitrogen and oxygen atoms in total. The summed E-state index contributed by atoms with van der Waals surface area (Å²) < 4.78 is 2.13. The zero-order chi connectivity index (χ0) is 16.0. The minimum absolute atomic E-state index is 0.0237. The van der Waals surface area contributed by atoms with Gasteiger partial charge in [-0.1, -0.05) is 51.1 Å². The van der Waals surface area contributed by atoms with Gasteiger partial charge in [0.25, 0.3) is 0 Å². The third-order valence-electron chi connectivity index (χ3n) is 3.36. The van der Waals surface area contributed by atoms with Crippen molar-refractivity contribution in [2.24, 2.45) is 5.41 Å². The highest BCUT2D eigenvalue weighted by Gasteiger charge is 2.15. The van der Waals surface area contributed by atoms with Crippen LogP contribution < -0.4 is 5.32 Å². The molecule has 2 rings (SSSR count). The van der Waals surface area contributed by atoms with Gasteiger partial charge in [0, 0.05) is 38.3 Å². The fourth-order valence-corrected chi connectivity index (χ4v) is 2.35. The summed E-state index contributed by atoms with van der Waals surface area (Å²) >= 11 is 0. The first kappa shape index (κ1) is 16.3. The third kappa shape index (κ3) is 5.35. The minimum Gasteiger partial charge on any atom is -0.356 e. The van der Waals surface area contributed by atoms with E-state index in [4.69, 9.17) is 0 Å². The lowest BCUT2D eigenvalue weighted by atomic mass is 9.92. The molecule has 118 valence electrons. The standard InChI is InChI=1S/C18H25N3O/c1-18(2,3)13-17(22)20-10-9-16-19-11-12-21(16)14-15-7-5-4-6-8-15/h4-8,11-12H,9-10,13-14H2,1-3H3,(H,20,22). The molecule has 0 radical (unpaired) electrons. The summed E-state index contributed by atoms with van der Waals surface area (Å²) in [6.45, 7) is 7.64. The van der Waals surface area contributed by atoms with Crippen LogP contribution >= 0.6 is 0 Å². The molecule has 1 amide bonds. The molecule has 1 N–H and O–H groups in total. The summed E-state index contributed by atoms with van der Waals surface area (Å²) in [6.07, 6.45) is 5.09. The Kier molecular flexibility index (Phi) is 5.36. The highest BCUT2D eigenvalue weighted by atomic mass is 16.1. The van der Waals surface area contributed by atoms with Gasteiger partial charge in [0.2, 0.25) is 5.91 Å². The molecule has 1 heterocycles. The smallest absolute Gasteiger partial charge is 0.220 e. The summed E-state index contributed by atoms with van der Waals surface area (Å²) in [5.74, 6) is 1.11. The Morgan fingerprint density at radius 3 is 2.64 bits per heavy atom. The second kappa shape index (κ2) is 7.25. The SMILES string of the molecule is CC(C)(C)CC(=O)NCCc1nccn1Cc1ccccc1. The van der Waals surface area contributed by atoms with E-state index in [0.717, 1.165) is 18.8 Å². The second-order valence-electron chi connectivity index (χ2n) is 6.79. The molecule has 2 aromatic rings. The van der Waals surface area contributed by atoms with Crippen molar-refractivity contribution >= 4 is 5.91 Å². The van der Waals surface area contributed by atoms with Gasteiger partial charge in [-0.2, -0.15) is 0 Å². The van der Waals surface area contributed by atoms with E-state index in [-0.39, 0.29) is 11.3 Å². The van der Waals surface area contributed by atoms with Gasteiger partial charge in [-0.3, -0.25) is 4.79 Å². The number of hydrogen-bond acceptors (Lipinski definition) is 2. The fraction of sp³-hybridized carbons (Fsp3) is 0.444. The molecule has 0 saturated carbocycles. The van der Waals surface area contributed by atoms with Crippen molar-refractivity contribution in [2.75, 3.05) is 6.54 Å². The maximum absolute atomic E-state index is 11.8. The van der Waals surface area contributed by atoms with Crippen LogP contribution in [-0.4, -0.2) is 22.0 Å². The van der Waals surface area contributed by atoms with Crippen LogP contribution in [0.4, 0.5) is 0 Å². The topological polar surface area (TPSA) is 46.9 Å². The maximum Gasteiger partial charge on any atom is 0.220 e. The lowest BCUT2D eigenvalue weighted by Gasteiger charge is -2.17. The molecule has 0 aliphatic carbocycles. The van der Waals surface area contributed by atoms with Gasteiger partial charge < -0.3 is 9.88 Å². The predicted molar refractivity (Wildman–Crippen MR) is 88.6 cm³/mol. The summed E-state index contributed by atoms with van der Waals surface area (Å²) in [4.78, 5) is 16.2. The monoisotopic (exact) mass is 299 g/mol. The molecule has 0 bridgehead atoms. The Bertz CT molecular complexity index is 596. The molecule has 0 aliphatic rings. The van der Waals surface area contributed by atoms with E-state index in [2.05, 4.69) is 47.8 Å². The molecule has 0 fully saturated rings. The van der Waals surface area contributed by atoms with Gasteiger partial charge in [-0.25, -0.2) is 4.98 Å². The number of nitrogens with zero attached hydrogens (tertiary/aromatic N) is 2. The quantitative estimate of drug-likeness (QED) is 0.891. The van der Waals surface area contributed by atoms with Crippen LogP contribution in [0.1, 0.15) is 38.6 Å². The van der Waals surface area contributed by atoms with Crippen molar-refractivity contribution in [3.63, 3.8) is 0 Å². The largest absolute Gasteiger partial charge is 0.356 e. The Balaban J connectivity index is 1.84. The molecule has 1 aromatic heterocycles. The van der Waals surface area contributed by atoms with Crippen LogP contribution in [0.3, 0.4) is 0 Å². The van der Waals surface area contributed by atoms with Gasteiger partial charge in [-0.15, -0.1) is 0 Å². The number of nitrogens with one attached hydrogen (secondary N) is 1. The van der Waals surface area contributed by atoms with Gasteiger partial charge in [-0.05, 0) is 11.0 Å². The zero-order valence-corrected chi connectivity index (χ0v) is 13.7. The van der Waals surface area contributed by atoms with E-state index in [1.165, 1.54) is 5.56 Å². The van der Waals surface area contributed by atoms with Crippen molar-refractivity contribution < 1.29 is 4.79 Å². The van der Waals surface area contributed by atoms with Crippen molar-refractivity contribution in [2.45, 2.75) is 40.2 Å². The molecule has 4 heteroatoms. The second-order valence-corrected chi connectivity index (χ2v) is 6.79. The number of benzene rings is 1. The number of carbonyl (C=O) groups excluding carboxylic acids is 1. The molecule has 22 heavy (non-hydrogen) atoms. The number of hydrogen-bond donors (Lipinski definition) is 1. The normalized spacial score (nSPS) is 11.4. The minimum atomic E-state index is 0.0237. The number of amides is 1. The van der Waals surface area contributed by atoms with Crippen molar-refractivity contribution in [3.8, 4) is 0 Å². The Labute approximate surface area is 132 Å². The van der Waals surface area contributed by atoms with Crippen molar-refractivity contribution in [3.05, 3.63) is 54.1 Å². The highest BCUT2D eigenvalue weighted by Crippen LogP contribution is 2.17. The lowest BCUT2D eigenvalue weighted by Crippen LogP contribution is -2.29. The van der Waals surface area contributed by atoms with Crippen molar-refractivity contribution in [1.82, 2.24) is 14.9 Å². The van der Waals surface area contributed by atoms with Crippen LogP contribution in [0.2, 0.25) is 0 Å². The summed E-state index contributed by atoms with van der Waals surface area (Å²) in [7, 11) is 0. The molecular formula is C18H25N3O.